The summed E-state index contributed by atoms with van der Waals surface area (Å²) >= 11 is 11.5. The second kappa shape index (κ2) is 5.33. The predicted molar refractivity (Wildman–Crippen MR) is 61.5 cm³/mol. The minimum Gasteiger partial charge on any atom is -0.348 e. The molecule has 0 aliphatic rings. The second-order valence-corrected chi connectivity index (χ2v) is 4.04. The molecule has 1 N–H and O–H groups in total. The van der Waals surface area contributed by atoms with Gasteiger partial charge in [0.2, 0.25) is 0 Å². The highest BCUT2D eigenvalue weighted by Crippen LogP contribution is 2.16. The van der Waals surface area contributed by atoms with Gasteiger partial charge in [0, 0.05) is 6.04 Å². The molecule has 0 saturated carbocycles. The molecule has 0 aliphatic carbocycles. The highest BCUT2D eigenvalue weighted by atomic mass is 35.5. The van der Waals surface area contributed by atoms with E-state index in [2.05, 4.69) is 10.3 Å². The molecule has 0 spiro atoms. The van der Waals surface area contributed by atoms with Gasteiger partial charge in [0.05, 0.1) is 5.02 Å². The monoisotopic (exact) mass is 246 g/mol. The van der Waals surface area contributed by atoms with Crippen LogP contribution in [-0.4, -0.2) is 16.9 Å². The second-order valence-electron chi connectivity index (χ2n) is 3.25. The van der Waals surface area contributed by atoms with Crippen LogP contribution in [0.5, 0.6) is 0 Å². The van der Waals surface area contributed by atoms with E-state index in [1.54, 1.807) is 12.1 Å². The Morgan fingerprint density at radius 1 is 1.53 bits per heavy atom. The first-order valence-electron chi connectivity index (χ1n) is 4.67. The van der Waals surface area contributed by atoms with Crippen molar-refractivity contribution in [3.63, 3.8) is 0 Å². The third-order valence-electron chi connectivity index (χ3n) is 2.02. The number of nitrogens with one attached hydrogen (secondary N) is 1. The molecule has 82 valence electrons. The summed E-state index contributed by atoms with van der Waals surface area (Å²) < 4.78 is 0. The van der Waals surface area contributed by atoms with Crippen molar-refractivity contribution in [3.05, 3.63) is 28.0 Å². The Bertz CT molecular complexity index is 368. The molecular weight excluding hydrogens is 235 g/mol. The van der Waals surface area contributed by atoms with E-state index in [9.17, 15) is 4.79 Å². The van der Waals surface area contributed by atoms with Crippen LogP contribution in [0.2, 0.25) is 10.2 Å². The van der Waals surface area contributed by atoms with E-state index in [0.29, 0.717) is 5.02 Å². The van der Waals surface area contributed by atoms with E-state index in [1.807, 2.05) is 13.8 Å². The van der Waals surface area contributed by atoms with E-state index < -0.39 is 0 Å². The number of halogens is 2. The summed E-state index contributed by atoms with van der Waals surface area (Å²) in [6, 6.07) is 3.20. The fraction of sp³-hybridized carbons (Fsp3) is 0.400. The summed E-state index contributed by atoms with van der Waals surface area (Å²) in [6.07, 6.45) is 0.851. The maximum absolute atomic E-state index is 11.7. The number of amides is 1. The molecule has 0 aliphatic heterocycles. The lowest BCUT2D eigenvalue weighted by molar-refractivity contribution is 0.0934. The lowest BCUT2D eigenvalue weighted by Gasteiger charge is -2.11. The van der Waals surface area contributed by atoms with Gasteiger partial charge in [-0.2, -0.15) is 0 Å². The van der Waals surface area contributed by atoms with Gasteiger partial charge >= 0.3 is 0 Å². The van der Waals surface area contributed by atoms with Gasteiger partial charge in [0.1, 0.15) is 10.8 Å². The van der Waals surface area contributed by atoms with Crippen LogP contribution in [0.15, 0.2) is 12.1 Å². The van der Waals surface area contributed by atoms with Crippen molar-refractivity contribution in [2.45, 2.75) is 26.3 Å². The van der Waals surface area contributed by atoms with Crippen LogP contribution in [0.1, 0.15) is 30.8 Å². The zero-order chi connectivity index (χ0) is 11.4. The number of carbonyl (C=O) groups is 1. The number of hydrogen-bond donors (Lipinski definition) is 1. The summed E-state index contributed by atoms with van der Waals surface area (Å²) in [4.78, 5) is 15.6. The number of nitrogens with zero attached hydrogens (tertiary/aromatic N) is 1. The van der Waals surface area contributed by atoms with E-state index >= 15 is 0 Å². The molecular formula is C10H12Cl2N2O. The molecule has 1 unspecified atom stereocenters. The fourth-order valence-electron chi connectivity index (χ4n) is 0.972. The maximum Gasteiger partial charge on any atom is 0.271 e. The van der Waals surface area contributed by atoms with Gasteiger partial charge in [0.15, 0.2) is 0 Å². The zero-order valence-electron chi connectivity index (χ0n) is 8.55. The third-order valence-corrected chi connectivity index (χ3v) is 2.53. The number of carbonyl (C=O) groups excluding carboxylic acids is 1. The average molecular weight is 247 g/mol. The van der Waals surface area contributed by atoms with E-state index in [-0.39, 0.29) is 22.8 Å². The number of hydrogen-bond acceptors (Lipinski definition) is 2. The summed E-state index contributed by atoms with van der Waals surface area (Å²) in [5.74, 6) is -0.295. The molecule has 15 heavy (non-hydrogen) atoms. The molecule has 3 nitrogen and oxygen atoms in total. The summed E-state index contributed by atoms with van der Waals surface area (Å²) in [5.41, 5.74) is 0.171. The molecule has 0 radical (unpaired) electrons. The molecule has 1 rings (SSSR count). The Labute approximate surface area is 98.8 Å². The van der Waals surface area contributed by atoms with Crippen molar-refractivity contribution < 1.29 is 4.79 Å². The molecule has 5 heteroatoms. The van der Waals surface area contributed by atoms with Gasteiger partial charge < -0.3 is 5.32 Å². The van der Waals surface area contributed by atoms with Crippen LogP contribution in [-0.2, 0) is 0 Å². The van der Waals surface area contributed by atoms with Crippen LogP contribution >= 0.6 is 23.2 Å². The molecule has 1 aromatic heterocycles. The van der Waals surface area contributed by atoms with Crippen molar-refractivity contribution in [2.24, 2.45) is 0 Å². The lowest BCUT2D eigenvalue weighted by atomic mass is 10.2. The summed E-state index contributed by atoms with van der Waals surface area (Å²) in [6.45, 7) is 3.90. The minimum absolute atomic E-state index is 0.0920. The molecule has 1 amide bonds. The Hall–Kier alpha value is -0.800. The van der Waals surface area contributed by atoms with Crippen LogP contribution in [0.3, 0.4) is 0 Å². The fourth-order valence-corrected chi connectivity index (χ4v) is 1.31. The average Bonchev–Trinajstić information content (AvgIpc) is 2.21. The number of rotatable bonds is 3. The van der Waals surface area contributed by atoms with Gasteiger partial charge in [-0.05, 0) is 25.5 Å². The number of pyridine rings is 1. The largest absolute Gasteiger partial charge is 0.348 e. The predicted octanol–water partition coefficient (Wildman–Crippen LogP) is 2.92. The van der Waals surface area contributed by atoms with Crippen LogP contribution < -0.4 is 5.32 Å². The van der Waals surface area contributed by atoms with Crippen LogP contribution in [0.4, 0.5) is 0 Å². The first-order chi connectivity index (χ1) is 7.04. The molecule has 1 heterocycles. The maximum atomic E-state index is 11.7. The Kier molecular flexibility index (Phi) is 4.36. The van der Waals surface area contributed by atoms with Gasteiger partial charge in [-0.1, -0.05) is 30.1 Å². The van der Waals surface area contributed by atoms with Crippen molar-refractivity contribution >= 4 is 29.1 Å². The normalized spacial score (nSPS) is 12.3. The molecule has 1 atom stereocenters. The highest BCUT2D eigenvalue weighted by Gasteiger charge is 2.14. The van der Waals surface area contributed by atoms with Crippen molar-refractivity contribution in [1.29, 1.82) is 0 Å². The minimum atomic E-state index is -0.295. The molecule has 0 saturated heterocycles. The summed E-state index contributed by atoms with van der Waals surface area (Å²) in [7, 11) is 0. The molecule has 0 aromatic carbocycles. The first kappa shape index (κ1) is 12.3. The van der Waals surface area contributed by atoms with Crippen molar-refractivity contribution in [3.8, 4) is 0 Å². The van der Waals surface area contributed by atoms with Gasteiger partial charge in [-0.3, -0.25) is 4.79 Å². The third kappa shape index (κ3) is 3.36. The Morgan fingerprint density at radius 2 is 2.20 bits per heavy atom. The number of aromatic nitrogens is 1. The molecule has 1 aromatic rings. The van der Waals surface area contributed by atoms with E-state index in [0.717, 1.165) is 6.42 Å². The van der Waals surface area contributed by atoms with Crippen LogP contribution in [0.25, 0.3) is 0 Å². The summed E-state index contributed by atoms with van der Waals surface area (Å²) in [5, 5.41) is 3.33. The van der Waals surface area contributed by atoms with Gasteiger partial charge in [-0.25, -0.2) is 4.98 Å². The van der Waals surface area contributed by atoms with E-state index in [4.69, 9.17) is 23.2 Å². The standard InChI is InChI=1S/C10H12Cl2N2O/c1-3-6(2)13-10(15)9-7(11)4-5-8(12)14-9/h4-6H,3H2,1-2H3,(H,13,15). The lowest BCUT2D eigenvalue weighted by Crippen LogP contribution is -2.32. The first-order valence-corrected chi connectivity index (χ1v) is 5.43. The Balaban J connectivity index is 2.86. The SMILES string of the molecule is CCC(C)NC(=O)c1nc(Cl)ccc1Cl. The van der Waals surface area contributed by atoms with Gasteiger partial charge in [-0.15, -0.1) is 0 Å². The topological polar surface area (TPSA) is 42.0 Å². The highest BCUT2D eigenvalue weighted by molar-refractivity contribution is 6.34. The van der Waals surface area contributed by atoms with Crippen molar-refractivity contribution in [1.82, 2.24) is 10.3 Å². The quantitative estimate of drug-likeness (QED) is 0.834. The van der Waals surface area contributed by atoms with Crippen molar-refractivity contribution in [2.75, 3.05) is 0 Å². The molecule has 0 bridgehead atoms. The van der Waals surface area contributed by atoms with E-state index in [1.165, 1.54) is 0 Å². The Morgan fingerprint density at radius 3 is 2.80 bits per heavy atom. The smallest absolute Gasteiger partial charge is 0.271 e. The van der Waals surface area contributed by atoms with Crippen LogP contribution in [0, 0.1) is 0 Å². The van der Waals surface area contributed by atoms with Gasteiger partial charge in [0.25, 0.3) is 5.91 Å². The molecule has 0 fully saturated rings. The zero-order valence-corrected chi connectivity index (χ0v) is 10.1.